The third kappa shape index (κ3) is 3.06. The van der Waals surface area contributed by atoms with Gasteiger partial charge in [0.25, 0.3) is 0 Å². The zero-order valence-electron chi connectivity index (χ0n) is 10.6. The van der Waals surface area contributed by atoms with Gasteiger partial charge in [-0.25, -0.2) is 0 Å². The number of benzene rings is 2. The van der Waals surface area contributed by atoms with Gasteiger partial charge in [-0.05, 0) is 31.5 Å². The summed E-state index contributed by atoms with van der Waals surface area (Å²) >= 11 is 0. The highest BCUT2D eigenvalue weighted by molar-refractivity contribution is 5.99. The van der Waals surface area contributed by atoms with Gasteiger partial charge in [-0.2, -0.15) is 5.10 Å². The molecule has 0 aliphatic heterocycles. The van der Waals surface area contributed by atoms with Crippen LogP contribution in [0.1, 0.15) is 26.3 Å². The van der Waals surface area contributed by atoms with Crippen molar-refractivity contribution in [1.82, 2.24) is 5.43 Å². The molecule has 2 aromatic carbocycles. The number of hydrogen-bond acceptors (Lipinski definition) is 2. The summed E-state index contributed by atoms with van der Waals surface area (Å²) in [5.41, 5.74) is 4.24. The SMILES string of the molecule is CC(C)(C)N/N=C/c1cccc2ccccc12. The number of hydrazone groups is 1. The van der Waals surface area contributed by atoms with E-state index in [1.165, 1.54) is 10.8 Å². The molecule has 0 aliphatic carbocycles. The summed E-state index contributed by atoms with van der Waals surface area (Å²) in [5, 5.41) is 6.76. The zero-order chi connectivity index (χ0) is 12.3. The van der Waals surface area contributed by atoms with Crippen molar-refractivity contribution in [2.24, 2.45) is 5.10 Å². The highest BCUT2D eigenvalue weighted by atomic mass is 15.3. The Hall–Kier alpha value is -1.83. The Bertz CT molecular complexity index is 531. The maximum Gasteiger partial charge on any atom is 0.0546 e. The van der Waals surface area contributed by atoms with Crippen molar-refractivity contribution in [1.29, 1.82) is 0 Å². The van der Waals surface area contributed by atoms with Crippen LogP contribution in [0.25, 0.3) is 10.8 Å². The highest BCUT2D eigenvalue weighted by Gasteiger charge is 2.05. The Kier molecular flexibility index (Phi) is 3.14. The zero-order valence-corrected chi connectivity index (χ0v) is 10.6. The predicted molar refractivity (Wildman–Crippen MR) is 74.4 cm³/mol. The van der Waals surface area contributed by atoms with Crippen LogP contribution in [0.15, 0.2) is 47.6 Å². The quantitative estimate of drug-likeness (QED) is 0.614. The van der Waals surface area contributed by atoms with E-state index in [2.05, 4.69) is 73.8 Å². The summed E-state index contributed by atoms with van der Waals surface area (Å²) in [6.07, 6.45) is 1.88. The van der Waals surface area contributed by atoms with Crippen LogP contribution < -0.4 is 5.43 Å². The van der Waals surface area contributed by atoms with Crippen LogP contribution in [0.2, 0.25) is 0 Å². The number of nitrogens with one attached hydrogen (secondary N) is 1. The van der Waals surface area contributed by atoms with Crippen LogP contribution in [0, 0.1) is 0 Å². The Morgan fingerprint density at radius 1 is 1.00 bits per heavy atom. The molecule has 0 aromatic heterocycles. The molecule has 0 fully saturated rings. The van der Waals surface area contributed by atoms with Gasteiger partial charge < -0.3 is 5.43 Å². The Balaban J connectivity index is 2.30. The maximum atomic E-state index is 4.29. The molecule has 0 atom stereocenters. The van der Waals surface area contributed by atoms with E-state index in [0.29, 0.717) is 0 Å². The Morgan fingerprint density at radius 3 is 2.47 bits per heavy atom. The van der Waals surface area contributed by atoms with Crippen molar-refractivity contribution in [3.8, 4) is 0 Å². The summed E-state index contributed by atoms with van der Waals surface area (Å²) in [6.45, 7) is 6.27. The minimum Gasteiger partial charge on any atom is -0.305 e. The number of rotatable bonds is 2. The molecule has 2 aromatic rings. The number of fused-ring (bicyclic) bond motifs is 1. The van der Waals surface area contributed by atoms with Crippen LogP contribution in [0.3, 0.4) is 0 Å². The lowest BCUT2D eigenvalue weighted by atomic mass is 10.1. The van der Waals surface area contributed by atoms with E-state index in [-0.39, 0.29) is 5.54 Å². The molecule has 0 saturated heterocycles. The molecular weight excluding hydrogens is 208 g/mol. The van der Waals surface area contributed by atoms with Gasteiger partial charge in [0.05, 0.1) is 6.21 Å². The van der Waals surface area contributed by atoms with Gasteiger partial charge in [-0.1, -0.05) is 42.5 Å². The van der Waals surface area contributed by atoms with Crippen molar-refractivity contribution in [2.75, 3.05) is 0 Å². The van der Waals surface area contributed by atoms with Crippen molar-refractivity contribution < 1.29 is 0 Å². The molecule has 0 heterocycles. The molecule has 0 aliphatic rings. The third-order valence-corrected chi connectivity index (χ3v) is 2.43. The molecule has 88 valence electrons. The molecule has 0 amide bonds. The van der Waals surface area contributed by atoms with Gasteiger partial charge in [-0.15, -0.1) is 0 Å². The summed E-state index contributed by atoms with van der Waals surface area (Å²) in [6, 6.07) is 14.6. The van der Waals surface area contributed by atoms with Crippen molar-refractivity contribution in [2.45, 2.75) is 26.3 Å². The summed E-state index contributed by atoms with van der Waals surface area (Å²) in [5.74, 6) is 0. The molecule has 17 heavy (non-hydrogen) atoms. The lowest BCUT2D eigenvalue weighted by Crippen LogP contribution is -2.31. The maximum absolute atomic E-state index is 4.29. The van der Waals surface area contributed by atoms with Crippen LogP contribution in [-0.2, 0) is 0 Å². The summed E-state index contributed by atoms with van der Waals surface area (Å²) < 4.78 is 0. The Labute approximate surface area is 102 Å². The van der Waals surface area contributed by atoms with Gasteiger partial charge in [0.1, 0.15) is 0 Å². The Morgan fingerprint density at radius 2 is 1.71 bits per heavy atom. The fraction of sp³-hybridized carbons (Fsp3) is 0.267. The number of hydrogen-bond donors (Lipinski definition) is 1. The van der Waals surface area contributed by atoms with Crippen molar-refractivity contribution in [3.05, 3.63) is 48.0 Å². The smallest absolute Gasteiger partial charge is 0.0546 e. The fourth-order valence-electron chi connectivity index (χ4n) is 1.66. The van der Waals surface area contributed by atoms with Crippen molar-refractivity contribution in [3.63, 3.8) is 0 Å². The monoisotopic (exact) mass is 226 g/mol. The first-order valence-electron chi connectivity index (χ1n) is 5.84. The van der Waals surface area contributed by atoms with E-state index in [1.54, 1.807) is 0 Å². The largest absolute Gasteiger partial charge is 0.305 e. The fourth-order valence-corrected chi connectivity index (χ4v) is 1.66. The second-order valence-corrected chi connectivity index (χ2v) is 5.19. The molecular formula is C15H18N2. The van der Waals surface area contributed by atoms with Crippen LogP contribution in [0.5, 0.6) is 0 Å². The van der Waals surface area contributed by atoms with E-state index in [9.17, 15) is 0 Å². The predicted octanol–water partition coefficient (Wildman–Crippen LogP) is 3.56. The molecule has 2 heteroatoms. The molecule has 0 bridgehead atoms. The molecule has 2 nitrogen and oxygen atoms in total. The van der Waals surface area contributed by atoms with Gasteiger partial charge in [0.15, 0.2) is 0 Å². The summed E-state index contributed by atoms with van der Waals surface area (Å²) in [4.78, 5) is 0. The normalized spacial score (nSPS) is 12.2. The lowest BCUT2D eigenvalue weighted by Gasteiger charge is -2.17. The second-order valence-electron chi connectivity index (χ2n) is 5.19. The highest BCUT2D eigenvalue weighted by Crippen LogP contribution is 2.16. The van der Waals surface area contributed by atoms with E-state index < -0.39 is 0 Å². The average Bonchev–Trinajstić information content (AvgIpc) is 2.28. The van der Waals surface area contributed by atoms with Crippen LogP contribution in [0.4, 0.5) is 0 Å². The van der Waals surface area contributed by atoms with Crippen LogP contribution >= 0.6 is 0 Å². The standard InChI is InChI=1S/C15H18N2/c1-15(2,3)17-16-11-13-9-6-8-12-7-4-5-10-14(12)13/h4-11,17H,1-3H3/b16-11+. The first-order chi connectivity index (χ1) is 8.06. The van der Waals surface area contributed by atoms with Gasteiger partial charge >= 0.3 is 0 Å². The van der Waals surface area contributed by atoms with E-state index in [1.807, 2.05) is 6.21 Å². The summed E-state index contributed by atoms with van der Waals surface area (Å²) in [7, 11) is 0. The minimum atomic E-state index is 0.00108. The number of nitrogens with zero attached hydrogens (tertiary/aromatic N) is 1. The first kappa shape index (κ1) is 11.6. The average molecular weight is 226 g/mol. The minimum absolute atomic E-state index is 0.00108. The van der Waals surface area contributed by atoms with E-state index in [0.717, 1.165) is 5.56 Å². The molecule has 0 unspecified atom stereocenters. The van der Waals surface area contributed by atoms with Crippen molar-refractivity contribution >= 4 is 17.0 Å². The van der Waals surface area contributed by atoms with Gasteiger partial charge in [-0.3, -0.25) is 0 Å². The molecule has 1 N–H and O–H groups in total. The first-order valence-corrected chi connectivity index (χ1v) is 5.84. The topological polar surface area (TPSA) is 24.4 Å². The third-order valence-electron chi connectivity index (χ3n) is 2.43. The van der Waals surface area contributed by atoms with Crippen LogP contribution in [-0.4, -0.2) is 11.8 Å². The van der Waals surface area contributed by atoms with E-state index >= 15 is 0 Å². The molecule has 0 saturated carbocycles. The van der Waals surface area contributed by atoms with E-state index in [4.69, 9.17) is 0 Å². The molecule has 2 rings (SSSR count). The second kappa shape index (κ2) is 4.58. The lowest BCUT2D eigenvalue weighted by molar-refractivity contribution is 0.442. The molecule has 0 radical (unpaired) electrons. The molecule has 0 spiro atoms. The van der Waals surface area contributed by atoms with Gasteiger partial charge in [0.2, 0.25) is 0 Å². The van der Waals surface area contributed by atoms with Gasteiger partial charge in [0, 0.05) is 11.1 Å².